The maximum absolute atomic E-state index is 11.0. The first-order chi connectivity index (χ1) is 9.70. The minimum absolute atomic E-state index is 1.08. The zero-order valence-electron chi connectivity index (χ0n) is 10.2. The second-order valence-electron chi connectivity index (χ2n) is 3.85. The number of phosphoric ester groups is 2. The van der Waals surface area contributed by atoms with E-state index in [1.807, 2.05) is 0 Å². The van der Waals surface area contributed by atoms with Gasteiger partial charge in [0, 0.05) is 0 Å². The largest absolute Gasteiger partial charge is 0.790 e. The molecule has 17 heteroatoms. The van der Waals surface area contributed by atoms with Crippen molar-refractivity contribution in [1.82, 2.24) is 0 Å². The Balaban J connectivity index is 2.68. The minimum Gasteiger partial charge on any atom is -0.790 e. The molecule has 132 valence electrons. The lowest BCUT2D eigenvalue weighted by atomic mass is 10.1. The van der Waals surface area contributed by atoms with Crippen molar-refractivity contribution in [3.05, 3.63) is 0 Å². The Hall–Kier alpha value is 0.250. The standard InChI is InChI=1S/C5H13O14P3/c6-3-2(1-16-20(8,9)10)17-5(4(3)7)18-22(14,15)19-21(11,12)13/h2-7H,1H2,(H,14,15)(H2,8,9,10)(H2,11,12,13)/p-5/t2-,3-,4-,5-/m1/s1. The number of ether oxygens (including phenoxy) is 1. The summed E-state index contributed by atoms with van der Waals surface area (Å²) in [5.41, 5.74) is 0. The van der Waals surface area contributed by atoms with Gasteiger partial charge in [-0.05, 0) is 0 Å². The van der Waals surface area contributed by atoms with Crippen LogP contribution in [0.3, 0.4) is 0 Å². The highest BCUT2D eigenvalue weighted by Crippen LogP contribution is 2.52. The third-order valence-electron chi connectivity index (χ3n) is 2.15. The zero-order valence-corrected chi connectivity index (χ0v) is 12.8. The highest BCUT2D eigenvalue weighted by atomic mass is 31.3. The second kappa shape index (κ2) is 7.01. The van der Waals surface area contributed by atoms with Gasteiger partial charge in [-0.3, -0.25) is 13.4 Å². The average Bonchev–Trinajstić information content (AvgIpc) is 2.49. The van der Waals surface area contributed by atoms with Gasteiger partial charge in [0.25, 0.3) is 7.82 Å². The van der Waals surface area contributed by atoms with Crippen molar-refractivity contribution < 1.29 is 66.5 Å². The molecule has 1 saturated heterocycles. The predicted octanol–water partition coefficient (Wildman–Crippen LogP) is -5.39. The van der Waals surface area contributed by atoms with Crippen LogP contribution in [-0.2, 0) is 31.8 Å². The van der Waals surface area contributed by atoms with Crippen LogP contribution in [0.1, 0.15) is 0 Å². The molecule has 5 atom stereocenters. The molecule has 1 aliphatic heterocycles. The van der Waals surface area contributed by atoms with Crippen molar-refractivity contribution in [2.75, 3.05) is 6.61 Å². The summed E-state index contributed by atoms with van der Waals surface area (Å²) in [5, 5.41) is 18.8. The number of aliphatic hydroxyl groups is 2. The molecule has 0 bridgehead atoms. The summed E-state index contributed by atoms with van der Waals surface area (Å²) in [4.78, 5) is 51.9. The molecule has 0 saturated carbocycles. The van der Waals surface area contributed by atoms with E-state index in [4.69, 9.17) is 0 Å². The van der Waals surface area contributed by atoms with Crippen LogP contribution in [0.2, 0.25) is 0 Å². The number of rotatable bonds is 7. The number of hydrogen-bond acceptors (Lipinski definition) is 14. The van der Waals surface area contributed by atoms with Crippen molar-refractivity contribution in [3.63, 3.8) is 0 Å². The monoisotopic (exact) mass is 385 g/mol. The van der Waals surface area contributed by atoms with Crippen LogP contribution in [0.4, 0.5) is 0 Å². The lowest BCUT2D eigenvalue weighted by Gasteiger charge is -2.36. The first-order valence-corrected chi connectivity index (χ1v) is 9.49. The molecule has 0 radical (unpaired) electrons. The van der Waals surface area contributed by atoms with E-state index in [1.165, 1.54) is 0 Å². The van der Waals surface area contributed by atoms with E-state index >= 15 is 0 Å². The first-order valence-electron chi connectivity index (χ1n) is 5.11. The molecule has 0 aromatic rings. The van der Waals surface area contributed by atoms with Gasteiger partial charge in [0.2, 0.25) is 0 Å². The SMILES string of the molecule is O=P([O-])([O-])OC[C@H]1O[C@H](OP(=O)([O-])OP(=O)([O-])[O-])[C@H](O)[C@@H]1O. The van der Waals surface area contributed by atoms with E-state index < -0.39 is 54.7 Å². The quantitative estimate of drug-likeness (QED) is 0.388. The maximum Gasteiger partial charge on any atom is 0.274 e. The summed E-state index contributed by atoms with van der Waals surface area (Å²) in [7, 11) is -17.2. The Kier molecular flexibility index (Phi) is 6.47. The van der Waals surface area contributed by atoms with Gasteiger partial charge in [0.15, 0.2) is 6.29 Å². The minimum atomic E-state index is -5.97. The van der Waals surface area contributed by atoms with E-state index in [1.54, 1.807) is 0 Å². The van der Waals surface area contributed by atoms with Crippen molar-refractivity contribution in [3.8, 4) is 0 Å². The van der Waals surface area contributed by atoms with Gasteiger partial charge in [0.05, 0.1) is 22.3 Å². The van der Waals surface area contributed by atoms with Crippen LogP contribution >= 0.6 is 23.5 Å². The van der Waals surface area contributed by atoms with E-state index in [0.29, 0.717) is 0 Å². The molecule has 1 fully saturated rings. The molecule has 0 amide bonds. The maximum atomic E-state index is 11.0. The Morgan fingerprint density at radius 1 is 0.955 bits per heavy atom. The van der Waals surface area contributed by atoms with Crippen LogP contribution in [0.15, 0.2) is 0 Å². The molecule has 0 aromatic carbocycles. The molecule has 14 nitrogen and oxygen atoms in total. The summed E-state index contributed by atoms with van der Waals surface area (Å²) in [6.45, 7) is -1.08. The molecule has 0 aromatic heterocycles. The Labute approximate surface area is 122 Å². The van der Waals surface area contributed by atoms with Gasteiger partial charge in [-0.25, -0.2) is 0 Å². The van der Waals surface area contributed by atoms with Crippen LogP contribution in [0.5, 0.6) is 0 Å². The van der Waals surface area contributed by atoms with Gasteiger partial charge < -0.3 is 53.1 Å². The highest BCUT2D eigenvalue weighted by Gasteiger charge is 2.45. The fourth-order valence-electron chi connectivity index (χ4n) is 1.37. The van der Waals surface area contributed by atoms with Crippen LogP contribution in [0, 0.1) is 0 Å². The van der Waals surface area contributed by atoms with Gasteiger partial charge in [-0.1, -0.05) is 0 Å². The summed E-state index contributed by atoms with van der Waals surface area (Å²) >= 11 is 0. The normalized spacial score (nSPS) is 32.9. The molecule has 1 heterocycles. The molecule has 2 N–H and O–H groups in total. The Morgan fingerprint density at radius 2 is 1.50 bits per heavy atom. The van der Waals surface area contributed by atoms with Crippen molar-refractivity contribution in [2.24, 2.45) is 0 Å². The van der Waals surface area contributed by atoms with Gasteiger partial charge in [-0.2, -0.15) is 0 Å². The second-order valence-corrected chi connectivity index (χ2v) is 7.65. The smallest absolute Gasteiger partial charge is 0.274 e. The molecule has 1 rings (SSSR count). The predicted molar refractivity (Wildman–Crippen MR) is 51.6 cm³/mol. The fourth-order valence-corrected chi connectivity index (χ4v) is 3.27. The molecule has 1 aliphatic rings. The Morgan fingerprint density at radius 3 is 1.95 bits per heavy atom. The number of hydrogen-bond donors (Lipinski definition) is 2. The summed E-state index contributed by atoms with van der Waals surface area (Å²) in [5.74, 6) is 0. The lowest BCUT2D eigenvalue weighted by Crippen LogP contribution is -2.35. The topological polar surface area (TPSA) is 244 Å². The van der Waals surface area contributed by atoms with Crippen LogP contribution in [-0.4, -0.2) is 41.4 Å². The van der Waals surface area contributed by atoms with E-state index in [0.717, 1.165) is 0 Å². The average molecular weight is 385 g/mol. The Bertz CT molecular complexity index is 521. The van der Waals surface area contributed by atoms with Crippen LogP contribution in [0.25, 0.3) is 0 Å². The molecule has 0 aliphatic carbocycles. The number of phosphoric acid groups is 3. The summed E-state index contributed by atoms with van der Waals surface area (Å²) in [6.07, 6.45) is -7.96. The van der Waals surface area contributed by atoms with E-state index in [-0.39, 0.29) is 0 Å². The third kappa shape index (κ3) is 6.79. The van der Waals surface area contributed by atoms with Gasteiger partial charge in [0.1, 0.15) is 18.3 Å². The molecule has 22 heavy (non-hydrogen) atoms. The molecule has 0 spiro atoms. The van der Waals surface area contributed by atoms with Gasteiger partial charge >= 0.3 is 0 Å². The van der Waals surface area contributed by atoms with Crippen molar-refractivity contribution in [1.29, 1.82) is 0 Å². The molecule has 1 unspecified atom stereocenters. The van der Waals surface area contributed by atoms with Crippen molar-refractivity contribution in [2.45, 2.75) is 24.6 Å². The van der Waals surface area contributed by atoms with E-state index in [2.05, 4.69) is 18.1 Å². The fraction of sp³-hybridized carbons (Fsp3) is 1.00. The third-order valence-corrected chi connectivity index (χ3v) is 4.68. The van der Waals surface area contributed by atoms with Crippen LogP contribution < -0.4 is 24.5 Å². The van der Waals surface area contributed by atoms with Gasteiger partial charge in [-0.15, -0.1) is 0 Å². The lowest BCUT2D eigenvalue weighted by molar-refractivity contribution is -0.345. The summed E-state index contributed by atoms with van der Waals surface area (Å²) in [6, 6.07) is 0. The highest BCUT2D eigenvalue weighted by molar-refractivity contribution is 7.58. The molecular weight excluding hydrogens is 377 g/mol. The number of aliphatic hydroxyl groups excluding tert-OH is 2. The first kappa shape index (κ1) is 20.3. The summed E-state index contributed by atoms with van der Waals surface area (Å²) < 4.78 is 46.8. The van der Waals surface area contributed by atoms with E-state index in [9.17, 15) is 48.4 Å². The van der Waals surface area contributed by atoms with Crippen molar-refractivity contribution >= 4 is 23.5 Å². The zero-order chi connectivity index (χ0) is 17.3. The molecular formula is C5H8O14P3-5.